The number of benzene rings is 3. The summed E-state index contributed by atoms with van der Waals surface area (Å²) < 4.78 is 5.51. The molecule has 0 radical (unpaired) electrons. The minimum Gasteiger partial charge on any atom is -0.506 e. The molecule has 1 amide bonds. The zero-order valence-corrected chi connectivity index (χ0v) is 17.3. The van der Waals surface area contributed by atoms with Gasteiger partial charge in [-0.15, -0.1) is 0 Å². The average Bonchev–Trinajstić information content (AvgIpc) is 3.07. The first-order chi connectivity index (χ1) is 14.5. The number of hydrogen-bond acceptors (Lipinski definition) is 3. The smallest absolute Gasteiger partial charge is 0.407 e. The number of aryl methyl sites for hydroxylation is 1. The Hall–Kier alpha value is -3.24. The molecule has 0 aromatic heterocycles. The number of phenolic OH excluding ortho intramolecular Hbond substituents is 1. The van der Waals surface area contributed by atoms with Gasteiger partial charge in [0.05, 0.1) is 5.02 Å². The fourth-order valence-corrected chi connectivity index (χ4v) is 4.12. The maximum Gasteiger partial charge on any atom is 0.407 e. The van der Waals surface area contributed by atoms with E-state index >= 15 is 0 Å². The summed E-state index contributed by atoms with van der Waals surface area (Å²) in [5.74, 6) is 0.131. The summed E-state index contributed by atoms with van der Waals surface area (Å²) in [4.78, 5) is 12.2. The van der Waals surface area contributed by atoms with Crippen LogP contribution in [0.1, 0.15) is 28.2 Å². The molecular weight excluding hydrogens is 398 g/mol. The Bertz CT molecular complexity index is 1050. The summed E-state index contributed by atoms with van der Waals surface area (Å²) in [6, 6.07) is 20.0. The Labute approximate surface area is 180 Å². The van der Waals surface area contributed by atoms with Crippen molar-refractivity contribution in [3.05, 3.63) is 94.0 Å². The Morgan fingerprint density at radius 3 is 2.37 bits per heavy atom. The molecule has 152 valence electrons. The van der Waals surface area contributed by atoms with Crippen LogP contribution in [0.3, 0.4) is 0 Å². The van der Waals surface area contributed by atoms with Crippen LogP contribution in [0, 0.1) is 6.92 Å². The number of phenols is 1. The lowest BCUT2D eigenvalue weighted by molar-refractivity contribution is 0.144. The second kappa shape index (κ2) is 8.64. The molecule has 3 aromatic carbocycles. The summed E-state index contributed by atoms with van der Waals surface area (Å²) >= 11 is 5.98. The zero-order valence-electron chi connectivity index (χ0n) is 16.6. The Balaban J connectivity index is 1.34. The molecule has 0 aliphatic heterocycles. The van der Waals surface area contributed by atoms with Crippen molar-refractivity contribution in [1.82, 2.24) is 5.32 Å². The third-order valence-electron chi connectivity index (χ3n) is 5.29. The SMILES string of the molecule is Cc1cc(C=CCNC(=O)OCC2c3ccccc3-c3ccccc32)cc(Cl)c1O. The van der Waals surface area contributed by atoms with Crippen molar-refractivity contribution in [2.45, 2.75) is 12.8 Å². The monoisotopic (exact) mass is 419 g/mol. The second-order valence-electron chi connectivity index (χ2n) is 7.28. The molecule has 0 fully saturated rings. The molecule has 0 unspecified atom stereocenters. The van der Waals surface area contributed by atoms with Crippen LogP contribution in [-0.2, 0) is 4.74 Å². The number of carbonyl (C=O) groups is 1. The highest BCUT2D eigenvalue weighted by molar-refractivity contribution is 6.32. The summed E-state index contributed by atoms with van der Waals surface area (Å²) in [6.07, 6.45) is 3.19. The number of amides is 1. The third kappa shape index (κ3) is 4.05. The molecule has 0 heterocycles. The first-order valence-corrected chi connectivity index (χ1v) is 10.2. The van der Waals surface area contributed by atoms with Crippen LogP contribution in [0.2, 0.25) is 5.02 Å². The molecule has 2 N–H and O–H groups in total. The van der Waals surface area contributed by atoms with Crippen molar-refractivity contribution >= 4 is 23.8 Å². The van der Waals surface area contributed by atoms with Gasteiger partial charge in [0, 0.05) is 12.5 Å². The van der Waals surface area contributed by atoms with Crippen LogP contribution in [0.5, 0.6) is 5.75 Å². The van der Waals surface area contributed by atoms with Gasteiger partial charge in [0.2, 0.25) is 0 Å². The van der Waals surface area contributed by atoms with E-state index in [9.17, 15) is 9.90 Å². The van der Waals surface area contributed by atoms with E-state index in [1.807, 2.05) is 42.5 Å². The minimum atomic E-state index is -0.457. The molecule has 1 aliphatic rings. The van der Waals surface area contributed by atoms with Crippen molar-refractivity contribution < 1.29 is 14.6 Å². The number of rotatable bonds is 5. The largest absolute Gasteiger partial charge is 0.506 e. The van der Waals surface area contributed by atoms with E-state index in [4.69, 9.17) is 16.3 Å². The normalized spacial score (nSPS) is 12.6. The van der Waals surface area contributed by atoms with Crippen molar-refractivity contribution in [2.75, 3.05) is 13.2 Å². The van der Waals surface area contributed by atoms with E-state index in [2.05, 4.69) is 29.6 Å². The van der Waals surface area contributed by atoms with Crippen molar-refractivity contribution in [3.8, 4) is 16.9 Å². The van der Waals surface area contributed by atoms with Crippen molar-refractivity contribution in [3.63, 3.8) is 0 Å². The van der Waals surface area contributed by atoms with Gasteiger partial charge in [0.15, 0.2) is 0 Å². The van der Waals surface area contributed by atoms with E-state index in [-0.39, 0.29) is 18.3 Å². The molecule has 0 saturated heterocycles. The predicted octanol–water partition coefficient (Wildman–Crippen LogP) is 5.91. The number of aromatic hydroxyl groups is 1. The van der Waals surface area contributed by atoms with Gasteiger partial charge in [-0.25, -0.2) is 4.79 Å². The number of hydrogen-bond donors (Lipinski definition) is 2. The highest BCUT2D eigenvalue weighted by Crippen LogP contribution is 2.44. The van der Waals surface area contributed by atoms with E-state index < -0.39 is 6.09 Å². The van der Waals surface area contributed by atoms with Crippen LogP contribution in [0.25, 0.3) is 17.2 Å². The van der Waals surface area contributed by atoms with Gasteiger partial charge < -0.3 is 15.2 Å². The molecule has 4 rings (SSSR count). The lowest BCUT2D eigenvalue weighted by atomic mass is 9.98. The number of nitrogens with one attached hydrogen (secondary N) is 1. The maximum absolute atomic E-state index is 12.2. The van der Waals surface area contributed by atoms with Crippen LogP contribution >= 0.6 is 11.6 Å². The number of halogens is 1. The highest BCUT2D eigenvalue weighted by Gasteiger charge is 2.28. The number of carbonyl (C=O) groups excluding carboxylic acids is 1. The average molecular weight is 420 g/mol. The highest BCUT2D eigenvalue weighted by atomic mass is 35.5. The van der Waals surface area contributed by atoms with Gasteiger partial charge in [0.25, 0.3) is 0 Å². The molecule has 0 bridgehead atoms. The molecule has 0 saturated carbocycles. The lowest BCUT2D eigenvalue weighted by Crippen LogP contribution is -2.26. The first-order valence-electron chi connectivity index (χ1n) is 9.79. The fourth-order valence-electron chi connectivity index (χ4n) is 3.85. The molecule has 1 aliphatic carbocycles. The molecule has 5 heteroatoms. The predicted molar refractivity (Wildman–Crippen MR) is 120 cm³/mol. The van der Waals surface area contributed by atoms with Crippen LogP contribution in [0.15, 0.2) is 66.7 Å². The standard InChI is InChI=1S/C25H22ClNO3/c1-16-13-17(14-23(26)24(16)28)7-6-12-27-25(29)30-15-22-20-10-4-2-8-18(20)19-9-3-5-11-21(19)22/h2-11,13-14,22,28H,12,15H2,1H3,(H,27,29). The first kappa shape index (κ1) is 20.0. The molecular formula is C25H22ClNO3. The van der Waals surface area contributed by atoms with Gasteiger partial charge >= 0.3 is 6.09 Å². The van der Waals surface area contributed by atoms with Gasteiger partial charge in [-0.3, -0.25) is 0 Å². The van der Waals surface area contributed by atoms with E-state index in [1.165, 1.54) is 22.3 Å². The van der Waals surface area contributed by atoms with Crippen molar-refractivity contribution in [2.24, 2.45) is 0 Å². The Kier molecular flexibility index (Phi) is 5.77. The van der Waals surface area contributed by atoms with Gasteiger partial charge in [-0.1, -0.05) is 72.3 Å². The number of ether oxygens (including phenoxy) is 1. The van der Waals surface area contributed by atoms with E-state index in [0.29, 0.717) is 17.1 Å². The Morgan fingerprint density at radius 1 is 1.10 bits per heavy atom. The van der Waals surface area contributed by atoms with Gasteiger partial charge in [0.1, 0.15) is 12.4 Å². The van der Waals surface area contributed by atoms with E-state index in [1.54, 1.807) is 13.0 Å². The summed E-state index contributed by atoms with van der Waals surface area (Å²) in [7, 11) is 0. The second-order valence-corrected chi connectivity index (χ2v) is 7.68. The molecule has 4 nitrogen and oxygen atoms in total. The van der Waals surface area contributed by atoms with Crippen molar-refractivity contribution in [1.29, 1.82) is 0 Å². The minimum absolute atomic E-state index is 0.0424. The third-order valence-corrected chi connectivity index (χ3v) is 5.58. The Morgan fingerprint density at radius 2 is 1.73 bits per heavy atom. The number of alkyl carbamates (subject to hydrolysis) is 1. The van der Waals surface area contributed by atoms with Crippen LogP contribution < -0.4 is 5.32 Å². The molecule has 0 atom stereocenters. The number of fused-ring (bicyclic) bond motifs is 3. The maximum atomic E-state index is 12.2. The molecule has 0 spiro atoms. The zero-order chi connectivity index (χ0) is 21.1. The lowest BCUT2D eigenvalue weighted by Gasteiger charge is -2.14. The molecule has 30 heavy (non-hydrogen) atoms. The topological polar surface area (TPSA) is 58.6 Å². The van der Waals surface area contributed by atoms with Gasteiger partial charge in [-0.2, -0.15) is 0 Å². The summed E-state index contributed by atoms with van der Waals surface area (Å²) in [6.45, 7) is 2.40. The van der Waals surface area contributed by atoms with E-state index in [0.717, 1.165) is 5.56 Å². The fraction of sp³-hybridized carbons (Fsp3) is 0.160. The van der Waals surface area contributed by atoms with Crippen LogP contribution in [-0.4, -0.2) is 24.4 Å². The molecule has 3 aromatic rings. The quantitative estimate of drug-likeness (QED) is 0.540. The van der Waals surface area contributed by atoms with Crippen LogP contribution in [0.4, 0.5) is 4.79 Å². The summed E-state index contributed by atoms with van der Waals surface area (Å²) in [5, 5.41) is 12.8. The van der Waals surface area contributed by atoms with Gasteiger partial charge in [-0.05, 0) is 52.4 Å². The summed E-state index contributed by atoms with van der Waals surface area (Å²) in [5.41, 5.74) is 6.33.